The number of aryl methyl sites for hydroxylation is 1. The average Bonchev–Trinajstić information content (AvgIpc) is 2.98. The lowest BCUT2D eigenvalue weighted by Crippen LogP contribution is -2.11. The second kappa shape index (κ2) is 8.76. The number of para-hydroxylation sites is 1. The quantitative estimate of drug-likeness (QED) is 0.520. The van der Waals surface area contributed by atoms with E-state index in [0.29, 0.717) is 31.8 Å². The van der Waals surface area contributed by atoms with Crippen LogP contribution in [0.15, 0.2) is 30.3 Å². The SMILES string of the molecule is CCCn1nnnc1COC(=O)CCCOc1ccccc1. The van der Waals surface area contributed by atoms with Crippen molar-refractivity contribution in [2.24, 2.45) is 0 Å². The summed E-state index contributed by atoms with van der Waals surface area (Å²) >= 11 is 0. The van der Waals surface area contributed by atoms with E-state index in [1.807, 2.05) is 37.3 Å². The van der Waals surface area contributed by atoms with E-state index in [9.17, 15) is 4.79 Å². The monoisotopic (exact) mass is 304 g/mol. The van der Waals surface area contributed by atoms with Crippen LogP contribution in [-0.4, -0.2) is 32.8 Å². The number of aromatic nitrogens is 4. The molecule has 118 valence electrons. The van der Waals surface area contributed by atoms with Gasteiger partial charge in [0.05, 0.1) is 6.61 Å². The Labute approximate surface area is 129 Å². The molecule has 22 heavy (non-hydrogen) atoms. The molecule has 0 bridgehead atoms. The van der Waals surface area contributed by atoms with Gasteiger partial charge in [-0.2, -0.15) is 0 Å². The third kappa shape index (κ3) is 5.16. The van der Waals surface area contributed by atoms with Crippen LogP contribution >= 0.6 is 0 Å². The summed E-state index contributed by atoms with van der Waals surface area (Å²) < 4.78 is 12.3. The van der Waals surface area contributed by atoms with Gasteiger partial charge >= 0.3 is 5.97 Å². The molecule has 0 radical (unpaired) electrons. The lowest BCUT2D eigenvalue weighted by atomic mass is 10.3. The van der Waals surface area contributed by atoms with Crippen LogP contribution in [0.1, 0.15) is 32.0 Å². The van der Waals surface area contributed by atoms with E-state index in [1.165, 1.54) is 0 Å². The number of benzene rings is 1. The number of hydrogen-bond acceptors (Lipinski definition) is 6. The summed E-state index contributed by atoms with van der Waals surface area (Å²) in [5.74, 6) is 1.09. The molecule has 7 heteroatoms. The van der Waals surface area contributed by atoms with Crippen molar-refractivity contribution < 1.29 is 14.3 Å². The van der Waals surface area contributed by atoms with E-state index in [4.69, 9.17) is 9.47 Å². The van der Waals surface area contributed by atoms with Gasteiger partial charge in [-0.1, -0.05) is 25.1 Å². The summed E-state index contributed by atoms with van der Waals surface area (Å²) in [6.45, 7) is 3.33. The molecule has 1 aromatic carbocycles. The Balaban J connectivity index is 1.62. The Morgan fingerprint density at radius 1 is 1.27 bits per heavy atom. The second-order valence-electron chi connectivity index (χ2n) is 4.74. The van der Waals surface area contributed by atoms with E-state index in [1.54, 1.807) is 4.68 Å². The van der Waals surface area contributed by atoms with Crippen LogP contribution < -0.4 is 4.74 Å². The first-order valence-corrected chi connectivity index (χ1v) is 7.38. The maximum absolute atomic E-state index is 11.7. The molecule has 1 aromatic heterocycles. The van der Waals surface area contributed by atoms with Crippen molar-refractivity contribution in [2.75, 3.05) is 6.61 Å². The zero-order valence-electron chi connectivity index (χ0n) is 12.6. The molecular formula is C15H20N4O3. The van der Waals surface area contributed by atoms with Crippen molar-refractivity contribution in [1.29, 1.82) is 0 Å². The summed E-state index contributed by atoms with van der Waals surface area (Å²) in [4.78, 5) is 11.7. The lowest BCUT2D eigenvalue weighted by Gasteiger charge is -2.06. The molecule has 0 amide bonds. The fraction of sp³-hybridized carbons (Fsp3) is 0.467. The third-order valence-corrected chi connectivity index (χ3v) is 2.94. The van der Waals surface area contributed by atoms with E-state index in [0.717, 1.165) is 12.2 Å². The first kappa shape index (κ1) is 15.9. The number of nitrogens with zero attached hydrogens (tertiary/aromatic N) is 4. The Hall–Kier alpha value is -2.44. The maximum atomic E-state index is 11.7. The number of carbonyl (C=O) groups excluding carboxylic acids is 1. The molecule has 0 aliphatic carbocycles. The first-order chi connectivity index (χ1) is 10.8. The zero-order valence-corrected chi connectivity index (χ0v) is 12.6. The Kier molecular flexibility index (Phi) is 6.35. The molecular weight excluding hydrogens is 284 g/mol. The largest absolute Gasteiger partial charge is 0.494 e. The van der Waals surface area contributed by atoms with E-state index in [2.05, 4.69) is 15.5 Å². The van der Waals surface area contributed by atoms with Gasteiger partial charge in [-0.25, -0.2) is 4.68 Å². The molecule has 0 saturated heterocycles. The summed E-state index contributed by atoms with van der Waals surface area (Å²) in [6.07, 6.45) is 1.83. The minimum absolute atomic E-state index is 0.103. The normalized spacial score (nSPS) is 10.4. The van der Waals surface area contributed by atoms with E-state index < -0.39 is 0 Å². The molecule has 0 aliphatic heterocycles. The van der Waals surface area contributed by atoms with Crippen molar-refractivity contribution in [3.63, 3.8) is 0 Å². The van der Waals surface area contributed by atoms with Gasteiger partial charge < -0.3 is 9.47 Å². The lowest BCUT2D eigenvalue weighted by molar-refractivity contribution is -0.145. The van der Waals surface area contributed by atoms with Crippen LogP contribution in [0.3, 0.4) is 0 Å². The van der Waals surface area contributed by atoms with E-state index in [-0.39, 0.29) is 12.6 Å². The summed E-state index contributed by atoms with van der Waals surface area (Å²) in [5, 5.41) is 11.3. The predicted molar refractivity (Wildman–Crippen MR) is 79.1 cm³/mol. The number of esters is 1. The van der Waals surface area contributed by atoms with Gasteiger partial charge in [0.1, 0.15) is 5.75 Å². The van der Waals surface area contributed by atoms with Gasteiger partial charge in [0.2, 0.25) is 0 Å². The Morgan fingerprint density at radius 2 is 2.09 bits per heavy atom. The standard InChI is InChI=1S/C15H20N4O3/c1-2-10-19-14(16-17-18-19)12-22-15(20)9-6-11-21-13-7-4-3-5-8-13/h3-5,7-8H,2,6,9-12H2,1H3. The number of hydrogen-bond donors (Lipinski definition) is 0. The van der Waals surface area contributed by atoms with Crippen LogP contribution in [0.2, 0.25) is 0 Å². The van der Waals surface area contributed by atoms with Crippen molar-refractivity contribution in [3.05, 3.63) is 36.2 Å². The van der Waals surface area contributed by atoms with E-state index >= 15 is 0 Å². The number of rotatable bonds is 9. The molecule has 0 N–H and O–H groups in total. The van der Waals surface area contributed by atoms with Gasteiger partial charge in [0.15, 0.2) is 12.4 Å². The molecule has 0 unspecified atom stereocenters. The third-order valence-electron chi connectivity index (χ3n) is 2.94. The molecule has 0 spiro atoms. The maximum Gasteiger partial charge on any atom is 0.306 e. The fourth-order valence-electron chi connectivity index (χ4n) is 1.85. The molecule has 0 aliphatic rings. The topological polar surface area (TPSA) is 79.1 Å². The highest BCUT2D eigenvalue weighted by molar-refractivity contribution is 5.69. The Bertz CT molecular complexity index is 571. The van der Waals surface area contributed by atoms with Crippen molar-refractivity contribution in [2.45, 2.75) is 39.3 Å². The smallest absolute Gasteiger partial charge is 0.306 e. The summed E-state index contributed by atoms with van der Waals surface area (Å²) in [7, 11) is 0. The fourth-order valence-corrected chi connectivity index (χ4v) is 1.85. The highest BCUT2D eigenvalue weighted by atomic mass is 16.5. The van der Waals surface area contributed by atoms with Crippen LogP contribution in [0.4, 0.5) is 0 Å². The first-order valence-electron chi connectivity index (χ1n) is 7.38. The molecule has 1 heterocycles. The summed E-state index contributed by atoms with van der Waals surface area (Å²) in [6, 6.07) is 9.50. The number of tetrazole rings is 1. The van der Waals surface area contributed by atoms with Crippen LogP contribution in [0.5, 0.6) is 5.75 Å². The van der Waals surface area contributed by atoms with Crippen molar-refractivity contribution in [3.8, 4) is 5.75 Å². The molecule has 0 saturated carbocycles. The Morgan fingerprint density at radius 3 is 2.86 bits per heavy atom. The predicted octanol–water partition coefficient (Wildman–Crippen LogP) is 1.99. The second-order valence-corrected chi connectivity index (χ2v) is 4.74. The minimum atomic E-state index is -0.275. The minimum Gasteiger partial charge on any atom is -0.494 e. The number of ether oxygens (including phenoxy) is 2. The zero-order chi connectivity index (χ0) is 15.6. The van der Waals surface area contributed by atoms with Gasteiger partial charge in [-0.05, 0) is 35.4 Å². The summed E-state index contributed by atoms with van der Waals surface area (Å²) in [5.41, 5.74) is 0. The molecule has 0 fully saturated rings. The molecule has 0 atom stereocenters. The van der Waals surface area contributed by atoms with Gasteiger partial charge in [0, 0.05) is 13.0 Å². The molecule has 2 aromatic rings. The highest BCUT2D eigenvalue weighted by Gasteiger charge is 2.09. The number of carbonyl (C=O) groups is 1. The van der Waals surface area contributed by atoms with Crippen molar-refractivity contribution >= 4 is 5.97 Å². The average molecular weight is 304 g/mol. The molecule has 7 nitrogen and oxygen atoms in total. The van der Waals surface area contributed by atoms with Gasteiger partial charge in [-0.15, -0.1) is 5.10 Å². The van der Waals surface area contributed by atoms with Gasteiger partial charge in [-0.3, -0.25) is 4.79 Å². The van der Waals surface area contributed by atoms with Crippen LogP contribution in [0, 0.1) is 0 Å². The highest BCUT2D eigenvalue weighted by Crippen LogP contribution is 2.09. The molecule has 2 rings (SSSR count). The van der Waals surface area contributed by atoms with Crippen LogP contribution in [-0.2, 0) is 22.7 Å². The van der Waals surface area contributed by atoms with Gasteiger partial charge in [0.25, 0.3) is 0 Å². The van der Waals surface area contributed by atoms with Crippen molar-refractivity contribution in [1.82, 2.24) is 20.2 Å². The van der Waals surface area contributed by atoms with Crippen LogP contribution in [0.25, 0.3) is 0 Å².